The van der Waals surface area contributed by atoms with E-state index in [0.717, 1.165) is 5.56 Å². The van der Waals surface area contributed by atoms with Crippen LogP contribution in [-0.4, -0.2) is 26.5 Å². The maximum absolute atomic E-state index is 11.1. The lowest BCUT2D eigenvalue weighted by Crippen LogP contribution is -2.11. The highest BCUT2D eigenvalue weighted by atomic mass is 16.1. The van der Waals surface area contributed by atoms with E-state index in [-0.39, 0.29) is 11.4 Å². The normalized spacial score (nSPS) is 10.9. The van der Waals surface area contributed by atoms with Crippen LogP contribution in [0.1, 0.15) is 21.7 Å². The summed E-state index contributed by atoms with van der Waals surface area (Å²) in [5, 5.41) is 25.0. The zero-order valence-corrected chi connectivity index (χ0v) is 10.6. The van der Waals surface area contributed by atoms with Gasteiger partial charge < -0.3 is 11.1 Å². The van der Waals surface area contributed by atoms with Gasteiger partial charge >= 0.3 is 0 Å². The summed E-state index contributed by atoms with van der Waals surface area (Å²) in [6.45, 7) is 1.86. The standard InChI is InChI=1S/C12H11N7O/c1-7-2-3-8(11(14)20)4-10(7)15-6-9(5-13)12-16-18-19-17-12/h2-4,6,15H,1H3,(H2,14,20)(H,16,17,18,19). The minimum atomic E-state index is -0.518. The van der Waals surface area contributed by atoms with Crippen LogP contribution >= 0.6 is 0 Å². The van der Waals surface area contributed by atoms with E-state index in [4.69, 9.17) is 11.0 Å². The number of H-pyrrole nitrogens is 1. The highest BCUT2D eigenvalue weighted by molar-refractivity contribution is 5.94. The Balaban J connectivity index is 2.28. The number of aromatic amines is 1. The van der Waals surface area contributed by atoms with Crippen LogP contribution in [-0.2, 0) is 0 Å². The summed E-state index contributed by atoms with van der Waals surface area (Å²) < 4.78 is 0. The van der Waals surface area contributed by atoms with Crippen molar-refractivity contribution in [3.63, 3.8) is 0 Å². The average molecular weight is 269 g/mol. The van der Waals surface area contributed by atoms with E-state index in [1.165, 1.54) is 6.20 Å². The van der Waals surface area contributed by atoms with Crippen LogP contribution in [0.3, 0.4) is 0 Å². The van der Waals surface area contributed by atoms with Crippen molar-refractivity contribution >= 4 is 17.2 Å². The molecular weight excluding hydrogens is 258 g/mol. The van der Waals surface area contributed by atoms with Crippen LogP contribution in [0.25, 0.3) is 5.57 Å². The van der Waals surface area contributed by atoms with Crippen molar-refractivity contribution in [1.29, 1.82) is 5.26 Å². The van der Waals surface area contributed by atoms with Gasteiger partial charge in [0.2, 0.25) is 11.7 Å². The molecule has 0 saturated carbocycles. The monoisotopic (exact) mass is 269 g/mol. The Morgan fingerprint density at radius 2 is 2.35 bits per heavy atom. The van der Waals surface area contributed by atoms with E-state index in [2.05, 4.69) is 25.9 Å². The highest BCUT2D eigenvalue weighted by Crippen LogP contribution is 2.18. The van der Waals surface area contributed by atoms with E-state index < -0.39 is 5.91 Å². The average Bonchev–Trinajstić information content (AvgIpc) is 2.95. The lowest BCUT2D eigenvalue weighted by Gasteiger charge is -2.07. The molecule has 0 aliphatic rings. The van der Waals surface area contributed by atoms with Crippen LogP contribution in [0.2, 0.25) is 0 Å². The summed E-state index contributed by atoms with van der Waals surface area (Å²) in [6.07, 6.45) is 1.44. The largest absolute Gasteiger partial charge is 0.366 e. The van der Waals surface area contributed by atoms with Gasteiger partial charge in [-0.3, -0.25) is 4.79 Å². The number of tetrazole rings is 1. The van der Waals surface area contributed by atoms with E-state index in [1.807, 2.05) is 13.0 Å². The van der Waals surface area contributed by atoms with Gasteiger partial charge in [0.25, 0.3) is 0 Å². The Kier molecular flexibility index (Phi) is 3.72. The third kappa shape index (κ3) is 2.78. The van der Waals surface area contributed by atoms with Gasteiger partial charge in [0.05, 0.1) is 0 Å². The molecule has 4 N–H and O–H groups in total. The summed E-state index contributed by atoms with van der Waals surface area (Å²) in [5.41, 5.74) is 7.38. The Bertz CT molecular complexity index is 697. The molecule has 8 nitrogen and oxygen atoms in total. The van der Waals surface area contributed by atoms with Gasteiger partial charge in [-0.15, -0.1) is 10.2 Å². The van der Waals surface area contributed by atoms with Crippen LogP contribution in [0.15, 0.2) is 24.4 Å². The van der Waals surface area contributed by atoms with Gasteiger partial charge in [0.1, 0.15) is 11.6 Å². The van der Waals surface area contributed by atoms with Crippen molar-refractivity contribution in [1.82, 2.24) is 20.6 Å². The number of rotatable bonds is 4. The number of hydrogen-bond donors (Lipinski definition) is 3. The number of carbonyl (C=O) groups excluding carboxylic acids is 1. The van der Waals surface area contributed by atoms with E-state index in [0.29, 0.717) is 11.3 Å². The summed E-state index contributed by atoms with van der Waals surface area (Å²) in [5.74, 6) is -0.334. The topological polar surface area (TPSA) is 133 Å². The van der Waals surface area contributed by atoms with Crippen LogP contribution in [0.5, 0.6) is 0 Å². The third-order valence-corrected chi connectivity index (χ3v) is 2.60. The first-order chi connectivity index (χ1) is 9.61. The van der Waals surface area contributed by atoms with Gasteiger partial charge in [-0.25, -0.2) is 0 Å². The molecule has 0 bridgehead atoms. The maximum Gasteiger partial charge on any atom is 0.248 e. The number of nitrogens with zero attached hydrogens (tertiary/aromatic N) is 4. The number of aromatic nitrogens is 4. The fraction of sp³-hybridized carbons (Fsp3) is 0.0833. The molecule has 1 amide bonds. The lowest BCUT2D eigenvalue weighted by molar-refractivity contribution is 0.100. The van der Waals surface area contributed by atoms with Crippen LogP contribution in [0, 0.1) is 18.3 Å². The number of anilines is 1. The SMILES string of the molecule is Cc1ccc(C(N)=O)cc1NC=C(C#N)c1nn[nH]n1. The second kappa shape index (κ2) is 5.62. The molecule has 0 atom stereocenters. The predicted molar refractivity (Wildman–Crippen MR) is 71.1 cm³/mol. The molecule has 0 fully saturated rings. The molecule has 0 radical (unpaired) electrons. The number of carbonyl (C=O) groups is 1. The van der Waals surface area contributed by atoms with Gasteiger partial charge in [-0.2, -0.15) is 10.5 Å². The number of nitrogens with two attached hydrogens (primary N) is 1. The molecule has 1 aromatic heterocycles. The first-order valence-electron chi connectivity index (χ1n) is 5.63. The van der Waals surface area contributed by atoms with Crippen LogP contribution < -0.4 is 11.1 Å². The van der Waals surface area contributed by atoms with Gasteiger partial charge in [0.15, 0.2) is 0 Å². The molecule has 1 aromatic carbocycles. The van der Waals surface area contributed by atoms with E-state index in [9.17, 15) is 4.79 Å². The van der Waals surface area contributed by atoms with Crippen LogP contribution in [0.4, 0.5) is 5.69 Å². The molecule has 0 aliphatic heterocycles. The number of benzene rings is 1. The van der Waals surface area contributed by atoms with Gasteiger partial charge in [0, 0.05) is 17.5 Å². The number of hydrogen-bond acceptors (Lipinski definition) is 6. The van der Waals surface area contributed by atoms with Crippen molar-refractivity contribution < 1.29 is 4.79 Å². The quantitative estimate of drug-likeness (QED) is 0.695. The molecule has 2 rings (SSSR count). The smallest absolute Gasteiger partial charge is 0.248 e. The first kappa shape index (κ1) is 13.2. The number of aryl methyl sites for hydroxylation is 1. The summed E-state index contributed by atoms with van der Waals surface area (Å²) in [7, 11) is 0. The number of amides is 1. The molecule has 20 heavy (non-hydrogen) atoms. The summed E-state index contributed by atoms with van der Waals surface area (Å²) in [4.78, 5) is 11.1. The third-order valence-electron chi connectivity index (χ3n) is 2.60. The Morgan fingerprint density at radius 3 is 2.95 bits per heavy atom. The Morgan fingerprint density at radius 1 is 1.55 bits per heavy atom. The molecule has 0 saturated heterocycles. The molecular formula is C12H11N7O. The van der Waals surface area contributed by atoms with Crippen molar-refractivity contribution in [3.05, 3.63) is 41.4 Å². The molecule has 8 heteroatoms. The van der Waals surface area contributed by atoms with Crippen molar-refractivity contribution in [2.45, 2.75) is 6.92 Å². The number of allylic oxidation sites excluding steroid dienone is 1. The van der Waals surface area contributed by atoms with Gasteiger partial charge in [-0.05, 0) is 29.8 Å². The Labute approximate surface area is 114 Å². The molecule has 0 spiro atoms. The Hall–Kier alpha value is -3.21. The maximum atomic E-state index is 11.1. The highest BCUT2D eigenvalue weighted by Gasteiger charge is 2.07. The minimum Gasteiger partial charge on any atom is -0.366 e. The van der Waals surface area contributed by atoms with E-state index >= 15 is 0 Å². The zero-order chi connectivity index (χ0) is 14.5. The van der Waals surface area contributed by atoms with E-state index in [1.54, 1.807) is 18.2 Å². The van der Waals surface area contributed by atoms with Crippen molar-refractivity contribution in [2.75, 3.05) is 5.32 Å². The summed E-state index contributed by atoms with van der Waals surface area (Å²) in [6, 6.07) is 6.96. The lowest BCUT2D eigenvalue weighted by atomic mass is 10.1. The predicted octanol–water partition coefficient (Wildman–Crippen LogP) is 0.584. The number of nitrogens with one attached hydrogen (secondary N) is 2. The zero-order valence-electron chi connectivity index (χ0n) is 10.6. The van der Waals surface area contributed by atoms with Gasteiger partial charge in [-0.1, -0.05) is 6.07 Å². The second-order valence-electron chi connectivity index (χ2n) is 3.94. The fourth-order valence-corrected chi connectivity index (χ4v) is 1.50. The molecule has 0 aliphatic carbocycles. The second-order valence-corrected chi connectivity index (χ2v) is 3.94. The van der Waals surface area contributed by atoms with Crippen molar-refractivity contribution in [2.24, 2.45) is 5.73 Å². The first-order valence-corrected chi connectivity index (χ1v) is 5.63. The number of primary amides is 1. The van der Waals surface area contributed by atoms with Crippen molar-refractivity contribution in [3.8, 4) is 6.07 Å². The molecule has 0 unspecified atom stereocenters. The summed E-state index contributed by atoms with van der Waals surface area (Å²) >= 11 is 0. The molecule has 1 heterocycles. The minimum absolute atomic E-state index is 0.184. The number of nitriles is 1. The molecule has 2 aromatic rings. The molecule has 100 valence electrons. The fourth-order valence-electron chi connectivity index (χ4n) is 1.50.